The predicted octanol–water partition coefficient (Wildman–Crippen LogP) is 3.96. The van der Waals surface area contributed by atoms with E-state index in [0.29, 0.717) is 4.83 Å². The van der Waals surface area contributed by atoms with Crippen LogP contribution in [0, 0.1) is 0 Å². The summed E-state index contributed by atoms with van der Waals surface area (Å²) >= 11 is 1.20. The average molecular weight is 428 g/mol. The van der Waals surface area contributed by atoms with E-state index in [2.05, 4.69) is 10.3 Å². The molecule has 30 heavy (non-hydrogen) atoms. The van der Waals surface area contributed by atoms with Gasteiger partial charge in [0.05, 0.1) is 23.9 Å². The maximum atomic E-state index is 13.1. The number of nitrogens with zero attached hydrogens (tertiary/aromatic N) is 2. The van der Waals surface area contributed by atoms with Gasteiger partial charge < -0.3 is 10.1 Å². The molecule has 0 radical (unpaired) electrons. The molecule has 0 aliphatic rings. The van der Waals surface area contributed by atoms with Crippen LogP contribution < -0.4 is 10.9 Å². The molecular weight excluding hydrogens is 402 g/mol. The third-order valence-electron chi connectivity index (χ3n) is 5.06. The zero-order valence-electron chi connectivity index (χ0n) is 17.5. The zero-order chi connectivity index (χ0) is 21.8. The highest BCUT2D eigenvalue weighted by molar-refractivity contribution is 7.17. The van der Waals surface area contributed by atoms with Crippen LogP contribution in [-0.2, 0) is 22.4 Å². The van der Waals surface area contributed by atoms with Crippen molar-refractivity contribution in [2.75, 3.05) is 11.9 Å². The molecule has 8 heteroatoms. The van der Waals surface area contributed by atoms with Crippen molar-refractivity contribution >= 4 is 39.1 Å². The lowest BCUT2D eigenvalue weighted by Crippen LogP contribution is -2.32. The number of fused-ring (bicyclic) bond motifs is 1. The number of ether oxygens (including phenoxy) is 1. The van der Waals surface area contributed by atoms with Crippen LogP contribution in [0.1, 0.15) is 55.2 Å². The number of thiophene rings is 1. The lowest BCUT2D eigenvalue weighted by Gasteiger charge is -2.18. The molecule has 0 aliphatic carbocycles. The van der Waals surface area contributed by atoms with Gasteiger partial charge in [-0.05, 0) is 37.8 Å². The Morgan fingerprint density at radius 3 is 2.47 bits per heavy atom. The monoisotopic (exact) mass is 427 g/mol. The Balaban J connectivity index is 1.98. The van der Waals surface area contributed by atoms with Crippen molar-refractivity contribution in [2.24, 2.45) is 0 Å². The highest BCUT2D eigenvalue weighted by atomic mass is 32.1. The fraction of sp³-hybridized carbons (Fsp3) is 0.364. The molecule has 7 nitrogen and oxygen atoms in total. The number of hydrogen-bond acceptors (Lipinski definition) is 6. The molecule has 0 fully saturated rings. The summed E-state index contributed by atoms with van der Waals surface area (Å²) in [5, 5.41) is 4.74. The molecule has 1 N–H and O–H groups in total. The summed E-state index contributed by atoms with van der Waals surface area (Å²) < 4.78 is 6.30. The first-order chi connectivity index (χ1) is 14.4. The van der Waals surface area contributed by atoms with E-state index >= 15 is 0 Å². The lowest BCUT2D eigenvalue weighted by molar-refractivity contribution is -0.118. The molecule has 1 atom stereocenters. The molecule has 1 amide bonds. The number of nitrogens with one attached hydrogen (secondary N) is 1. The highest BCUT2D eigenvalue weighted by Crippen LogP contribution is 2.25. The third-order valence-corrected chi connectivity index (χ3v) is 5.94. The molecular formula is C22H25N3O4S. The van der Waals surface area contributed by atoms with Crippen LogP contribution in [0.5, 0.6) is 0 Å². The van der Waals surface area contributed by atoms with Crippen molar-refractivity contribution in [3.63, 3.8) is 0 Å². The average Bonchev–Trinajstić information content (AvgIpc) is 3.19. The Morgan fingerprint density at radius 1 is 1.20 bits per heavy atom. The van der Waals surface area contributed by atoms with Crippen LogP contribution in [0.3, 0.4) is 0 Å². The van der Waals surface area contributed by atoms with E-state index in [4.69, 9.17) is 4.74 Å². The molecule has 158 valence electrons. The Morgan fingerprint density at radius 2 is 1.87 bits per heavy atom. The van der Waals surface area contributed by atoms with Crippen LogP contribution in [0.15, 0.2) is 34.7 Å². The van der Waals surface area contributed by atoms with E-state index < -0.39 is 17.6 Å². The third kappa shape index (κ3) is 4.00. The van der Waals surface area contributed by atoms with Gasteiger partial charge in [-0.2, -0.15) is 0 Å². The van der Waals surface area contributed by atoms with Gasteiger partial charge in [-0.1, -0.05) is 32.0 Å². The van der Waals surface area contributed by atoms with Crippen LogP contribution in [0.4, 0.5) is 5.69 Å². The summed E-state index contributed by atoms with van der Waals surface area (Å²) in [6.45, 7) is 7.61. The van der Waals surface area contributed by atoms with Gasteiger partial charge in [-0.15, -0.1) is 11.3 Å². The molecule has 2 heterocycles. The van der Waals surface area contributed by atoms with Crippen molar-refractivity contribution in [1.29, 1.82) is 0 Å². The number of carbonyl (C=O) groups is 2. The Kier molecular flexibility index (Phi) is 6.66. The summed E-state index contributed by atoms with van der Waals surface area (Å²) in [7, 11) is 0. The molecule has 1 aromatic carbocycles. The fourth-order valence-electron chi connectivity index (χ4n) is 3.34. The number of carbonyl (C=O) groups excluding carboxylic acids is 2. The van der Waals surface area contributed by atoms with E-state index in [9.17, 15) is 14.4 Å². The van der Waals surface area contributed by atoms with Gasteiger partial charge in [0.2, 0.25) is 5.91 Å². The second-order valence-corrected chi connectivity index (χ2v) is 7.69. The highest BCUT2D eigenvalue weighted by Gasteiger charge is 2.23. The van der Waals surface area contributed by atoms with Crippen molar-refractivity contribution < 1.29 is 14.3 Å². The van der Waals surface area contributed by atoms with Gasteiger partial charge in [-0.3, -0.25) is 14.2 Å². The van der Waals surface area contributed by atoms with Gasteiger partial charge in [0.15, 0.2) is 0 Å². The van der Waals surface area contributed by atoms with Crippen molar-refractivity contribution in [2.45, 2.75) is 46.6 Å². The summed E-state index contributed by atoms with van der Waals surface area (Å²) in [6, 6.07) is 5.14. The molecule has 0 saturated heterocycles. The predicted molar refractivity (Wildman–Crippen MR) is 118 cm³/mol. The Hall–Kier alpha value is -3.00. The van der Waals surface area contributed by atoms with Crippen LogP contribution in [-0.4, -0.2) is 28.0 Å². The molecule has 3 aromatic rings. The minimum absolute atomic E-state index is 0.181. The van der Waals surface area contributed by atoms with Gasteiger partial charge in [0, 0.05) is 11.1 Å². The van der Waals surface area contributed by atoms with E-state index in [-0.39, 0.29) is 23.5 Å². The van der Waals surface area contributed by atoms with Gasteiger partial charge in [0.25, 0.3) is 5.56 Å². The molecule has 0 spiro atoms. The number of para-hydroxylation sites is 1. The molecule has 3 rings (SSSR count). The second kappa shape index (κ2) is 9.21. The Labute approximate surface area is 178 Å². The first-order valence-corrected chi connectivity index (χ1v) is 10.9. The maximum absolute atomic E-state index is 13.1. The summed E-state index contributed by atoms with van der Waals surface area (Å²) in [5.41, 5.74) is 2.62. The molecule has 0 bridgehead atoms. The SMILES string of the molecule is CCOC(=O)c1csc2ncn(C(C)C(=O)Nc3c(CC)cccc3CC)c(=O)c12. The quantitative estimate of drug-likeness (QED) is 0.577. The number of rotatable bonds is 7. The van der Waals surface area contributed by atoms with Crippen molar-refractivity contribution in [3.05, 3.63) is 57.0 Å². The lowest BCUT2D eigenvalue weighted by atomic mass is 10.0. The smallest absolute Gasteiger partial charge is 0.339 e. The minimum atomic E-state index is -0.807. The van der Waals surface area contributed by atoms with Crippen LogP contribution in [0.2, 0.25) is 0 Å². The first kappa shape index (κ1) is 21.7. The molecule has 1 unspecified atom stereocenters. The number of esters is 1. The van der Waals surface area contributed by atoms with Crippen LogP contribution in [0.25, 0.3) is 10.2 Å². The number of hydrogen-bond donors (Lipinski definition) is 1. The Bertz CT molecular complexity index is 1130. The van der Waals surface area contributed by atoms with E-state index in [1.165, 1.54) is 22.2 Å². The van der Waals surface area contributed by atoms with Gasteiger partial charge in [-0.25, -0.2) is 9.78 Å². The number of benzene rings is 1. The zero-order valence-corrected chi connectivity index (χ0v) is 18.3. The maximum Gasteiger partial charge on any atom is 0.339 e. The number of amides is 1. The summed E-state index contributed by atoms with van der Waals surface area (Å²) in [5.74, 6) is -0.885. The van der Waals surface area contributed by atoms with Crippen LogP contribution >= 0.6 is 11.3 Å². The van der Waals surface area contributed by atoms with Crippen molar-refractivity contribution in [3.8, 4) is 0 Å². The second-order valence-electron chi connectivity index (χ2n) is 6.83. The normalized spacial score (nSPS) is 12.0. The summed E-state index contributed by atoms with van der Waals surface area (Å²) in [4.78, 5) is 43.0. The fourth-order valence-corrected chi connectivity index (χ4v) is 4.20. The largest absolute Gasteiger partial charge is 0.462 e. The number of anilines is 1. The van der Waals surface area contributed by atoms with Gasteiger partial charge in [0.1, 0.15) is 10.9 Å². The minimum Gasteiger partial charge on any atom is -0.462 e. The summed E-state index contributed by atoms with van der Waals surface area (Å²) in [6.07, 6.45) is 2.92. The topological polar surface area (TPSA) is 90.3 Å². The number of aryl methyl sites for hydroxylation is 2. The van der Waals surface area contributed by atoms with E-state index in [0.717, 1.165) is 29.7 Å². The van der Waals surface area contributed by atoms with Crippen molar-refractivity contribution in [1.82, 2.24) is 9.55 Å². The van der Waals surface area contributed by atoms with E-state index in [1.54, 1.807) is 19.2 Å². The first-order valence-electron chi connectivity index (χ1n) is 9.99. The molecule has 0 saturated carbocycles. The molecule has 2 aromatic heterocycles. The number of aromatic nitrogens is 2. The molecule has 0 aliphatic heterocycles. The van der Waals surface area contributed by atoms with Gasteiger partial charge >= 0.3 is 5.97 Å². The van der Waals surface area contributed by atoms with E-state index in [1.807, 2.05) is 32.0 Å². The standard InChI is InChI=1S/C22H25N3O4S/c1-5-14-9-8-10-15(6-2)18(14)24-19(26)13(4)25-12-23-20-17(21(25)27)16(11-30-20)22(28)29-7-3/h8-13H,5-7H2,1-4H3,(H,24,26).